The molecule has 0 atom stereocenters. The van der Waals surface area contributed by atoms with Gasteiger partial charge in [-0.3, -0.25) is 29.0 Å². The molecule has 2 aliphatic heterocycles. The van der Waals surface area contributed by atoms with Crippen molar-refractivity contribution in [2.75, 3.05) is 0 Å². The number of carbonyl (C=O) groups excluding carboxylic acids is 4. The van der Waals surface area contributed by atoms with Crippen LogP contribution in [-0.4, -0.2) is 45.0 Å². The number of fused-ring (bicyclic) bond motifs is 2. The molecule has 0 spiro atoms. The maximum Gasteiger partial charge on any atom is 0.262 e. The molecule has 8 heteroatoms. The summed E-state index contributed by atoms with van der Waals surface area (Å²) in [5.74, 6) is 0.996. The summed E-state index contributed by atoms with van der Waals surface area (Å²) >= 11 is 0. The molecule has 46 heavy (non-hydrogen) atoms. The predicted molar refractivity (Wildman–Crippen MR) is 174 cm³/mol. The summed E-state index contributed by atoms with van der Waals surface area (Å²) in [5, 5.41) is 0. The van der Waals surface area contributed by atoms with Crippen LogP contribution in [0.2, 0.25) is 0 Å². The Morgan fingerprint density at radius 1 is 0.500 bits per heavy atom. The Balaban J connectivity index is 1.14. The van der Waals surface area contributed by atoms with Crippen molar-refractivity contribution in [3.8, 4) is 23.0 Å². The first kappa shape index (κ1) is 30.8. The average molecular weight is 617 g/mol. The van der Waals surface area contributed by atoms with Crippen LogP contribution in [0.3, 0.4) is 0 Å². The van der Waals surface area contributed by atoms with Gasteiger partial charge in [0.1, 0.15) is 23.0 Å². The van der Waals surface area contributed by atoms with Crippen molar-refractivity contribution in [3.05, 3.63) is 118 Å². The van der Waals surface area contributed by atoms with Crippen LogP contribution in [0.5, 0.6) is 23.0 Å². The summed E-state index contributed by atoms with van der Waals surface area (Å²) in [7, 11) is 0. The Hall–Kier alpha value is -5.24. The van der Waals surface area contributed by atoms with Gasteiger partial charge in [0.05, 0.1) is 22.3 Å². The van der Waals surface area contributed by atoms with E-state index in [9.17, 15) is 19.2 Å². The minimum absolute atomic E-state index is 0.221. The Morgan fingerprint density at radius 2 is 0.870 bits per heavy atom. The lowest BCUT2D eigenvalue weighted by Gasteiger charge is -2.29. The summed E-state index contributed by atoms with van der Waals surface area (Å²) < 4.78 is 12.1. The van der Waals surface area contributed by atoms with E-state index in [-0.39, 0.29) is 35.1 Å². The summed E-state index contributed by atoms with van der Waals surface area (Å²) in [6.07, 6.45) is 0. The molecule has 0 bridgehead atoms. The standard InChI is InChI=1S/C38H36N2O6/c1-22(2)39-33(41)29-18-16-27(20-31(29)34(39)42)45-25-12-8-23(9-13-25)38(6,7)24-10-14-26(15-11-24)46-28-17-19-30-32(21-28)36(44)40(35(30)43)37(3,4)5/h8-22H,1-7H3. The number of hydrogen-bond acceptors (Lipinski definition) is 6. The molecule has 4 amide bonds. The molecular formula is C38H36N2O6. The highest BCUT2D eigenvalue weighted by Crippen LogP contribution is 2.37. The van der Waals surface area contributed by atoms with Crippen LogP contribution in [0, 0.1) is 0 Å². The highest BCUT2D eigenvalue weighted by Gasteiger charge is 2.42. The third-order valence-electron chi connectivity index (χ3n) is 8.56. The van der Waals surface area contributed by atoms with Gasteiger partial charge in [0.25, 0.3) is 23.6 Å². The van der Waals surface area contributed by atoms with Crippen molar-refractivity contribution in [1.29, 1.82) is 0 Å². The monoisotopic (exact) mass is 616 g/mol. The Kier molecular flexibility index (Phi) is 7.34. The lowest BCUT2D eigenvalue weighted by molar-refractivity contribution is 0.0505. The largest absolute Gasteiger partial charge is 0.457 e. The fraction of sp³-hybridized carbons (Fsp3) is 0.263. The maximum absolute atomic E-state index is 13.0. The van der Waals surface area contributed by atoms with Gasteiger partial charge < -0.3 is 9.47 Å². The molecule has 2 heterocycles. The number of amides is 4. The van der Waals surface area contributed by atoms with Crippen molar-refractivity contribution in [1.82, 2.24) is 9.80 Å². The molecule has 0 aliphatic carbocycles. The fourth-order valence-corrected chi connectivity index (χ4v) is 5.98. The molecule has 6 rings (SSSR count). The minimum atomic E-state index is -0.618. The Labute approximate surface area is 268 Å². The molecule has 8 nitrogen and oxygen atoms in total. The van der Waals surface area contributed by atoms with Gasteiger partial charge in [0.2, 0.25) is 0 Å². The number of ether oxygens (including phenoxy) is 2. The van der Waals surface area contributed by atoms with Crippen LogP contribution in [0.15, 0.2) is 84.9 Å². The molecule has 0 radical (unpaired) electrons. The van der Waals surface area contributed by atoms with E-state index in [0.29, 0.717) is 45.3 Å². The molecule has 4 aromatic rings. The van der Waals surface area contributed by atoms with Crippen molar-refractivity contribution < 1.29 is 28.7 Å². The summed E-state index contributed by atoms with van der Waals surface area (Å²) in [6, 6.07) is 25.3. The van der Waals surface area contributed by atoms with Crippen molar-refractivity contribution in [2.24, 2.45) is 0 Å². The molecule has 0 N–H and O–H groups in total. The summed E-state index contributed by atoms with van der Waals surface area (Å²) in [4.78, 5) is 53.7. The van der Waals surface area contributed by atoms with Crippen molar-refractivity contribution >= 4 is 23.6 Å². The maximum atomic E-state index is 13.0. The lowest BCUT2D eigenvalue weighted by atomic mass is 9.78. The van der Waals surface area contributed by atoms with Crippen LogP contribution in [0.4, 0.5) is 0 Å². The Bertz CT molecular complexity index is 1900. The van der Waals surface area contributed by atoms with Crippen LogP contribution < -0.4 is 9.47 Å². The van der Waals surface area contributed by atoms with E-state index in [1.54, 1.807) is 36.4 Å². The zero-order valence-corrected chi connectivity index (χ0v) is 27.0. The molecule has 234 valence electrons. The number of imide groups is 2. The number of carbonyl (C=O) groups is 4. The second-order valence-electron chi connectivity index (χ2n) is 13.5. The quantitative estimate of drug-likeness (QED) is 0.195. The number of nitrogens with zero attached hydrogens (tertiary/aromatic N) is 2. The first-order chi connectivity index (χ1) is 21.7. The number of rotatable bonds is 7. The smallest absolute Gasteiger partial charge is 0.262 e. The van der Waals surface area contributed by atoms with E-state index >= 15 is 0 Å². The topological polar surface area (TPSA) is 93.2 Å². The van der Waals surface area contributed by atoms with Gasteiger partial charge >= 0.3 is 0 Å². The molecule has 0 unspecified atom stereocenters. The van der Waals surface area contributed by atoms with Gasteiger partial charge in [-0.2, -0.15) is 0 Å². The summed E-state index contributed by atoms with van der Waals surface area (Å²) in [5.41, 5.74) is 2.67. The van der Waals surface area contributed by atoms with Gasteiger partial charge in [0, 0.05) is 17.0 Å². The van der Waals surface area contributed by atoms with Crippen LogP contribution >= 0.6 is 0 Å². The van der Waals surface area contributed by atoms with Gasteiger partial charge in [-0.05, 0) is 106 Å². The van der Waals surface area contributed by atoms with E-state index in [1.165, 1.54) is 9.80 Å². The SMILES string of the molecule is CC(C)N1C(=O)c2ccc(Oc3ccc(C(C)(C)c4ccc(Oc5ccc6c(c5)C(=O)N(C(C)(C)C)C6=O)cc4)cc3)cc2C1=O. The third kappa shape index (κ3) is 5.23. The molecule has 0 saturated heterocycles. The fourth-order valence-electron chi connectivity index (χ4n) is 5.98. The van der Waals surface area contributed by atoms with Crippen molar-refractivity contribution in [3.63, 3.8) is 0 Å². The van der Waals surface area contributed by atoms with Gasteiger partial charge in [-0.15, -0.1) is 0 Å². The normalized spacial score (nSPS) is 14.7. The van der Waals surface area contributed by atoms with Crippen LogP contribution in [0.25, 0.3) is 0 Å². The molecular weight excluding hydrogens is 580 g/mol. The molecule has 4 aromatic carbocycles. The van der Waals surface area contributed by atoms with E-state index in [0.717, 1.165) is 11.1 Å². The van der Waals surface area contributed by atoms with Gasteiger partial charge in [0.15, 0.2) is 0 Å². The average Bonchev–Trinajstić information content (AvgIpc) is 3.41. The van der Waals surface area contributed by atoms with E-state index in [2.05, 4.69) is 13.8 Å². The second kappa shape index (κ2) is 11.0. The molecule has 0 fully saturated rings. The van der Waals surface area contributed by atoms with Gasteiger partial charge in [-0.25, -0.2) is 0 Å². The zero-order valence-electron chi connectivity index (χ0n) is 27.0. The second-order valence-corrected chi connectivity index (χ2v) is 13.5. The first-order valence-corrected chi connectivity index (χ1v) is 15.3. The van der Waals surface area contributed by atoms with Crippen LogP contribution in [-0.2, 0) is 5.41 Å². The zero-order chi connectivity index (χ0) is 33.1. The minimum Gasteiger partial charge on any atom is -0.457 e. The lowest BCUT2D eigenvalue weighted by Crippen LogP contribution is -2.45. The first-order valence-electron chi connectivity index (χ1n) is 15.3. The van der Waals surface area contributed by atoms with E-state index in [1.807, 2.05) is 83.1 Å². The van der Waals surface area contributed by atoms with E-state index in [4.69, 9.17) is 9.47 Å². The molecule has 0 aromatic heterocycles. The third-order valence-corrected chi connectivity index (χ3v) is 8.56. The highest BCUT2D eigenvalue weighted by atomic mass is 16.5. The molecule has 2 aliphatic rings. The molecule has 0 saturated carbocycles. The number of benzene rings is 4. The van der Waals surface area contributed by atoms with Gasteiger partial charge in [-0.1, -0.05) is 38.1 Å². The predicted octanol–water partition coefficient (Wildman–Crippen LogP) is 8.00. The number of hydrogen-bond donors (Lipinski definition) is 0. The highest BCUT2D eigenvalue weighted by molar-refractivity contribution is 6.22. The summed E-state index contributed by atoms with van der Waals surface area (Å²) in [6.45, 7) is 13.4. The van der Waals surface area contributed by atoms with E-state index < -0.39 is 5.54 Å². The Morgan fingerprint density at radius 3 is 1.30 bits per heavy atom. The van der Waals surface area contributed by atoms with Crippen LogP contribution in [0.1, 0.15) is 101 Å². The van der Waals surface area contributed by atoms with Crippen molar-refractivity contribution in [2.45, 2.75) is 65.5 Å².